The molecule has 3 aromatic rings. The van der Waals surface area contributed by atoms with Gasteiger partial charge < -0.3 is 15.3 Å². The van der Waals surface area contributed by atoms with Gasteiger partial charge in [0.05, 0.1) is 0 Å². The molecule has 8 nitrogen and oxygen atoms in total. The van der Waals surface area contributed by atoms with Crippen LogP contribution in [0.15, 0.2) is 49.1 Å². The Kier molecular flexibility index (Phi) is 9.78. The summed E-state index contributed by atoms with van der Waals surface area (Å²) in [6, 6.07) is 7.94. The second-order valence-electron chi connectivity index (χ2n) is 9.51. The van der Waals surface area contributed by atoms with Crippen LogP contribution in [0.1, 0.15) is 72.9 Å². The van der Waals surface area contributed by atoms with E-state index in [1.165, 1.54) is 0 Å². The first-order chi connectivity index (χ1) is 16.8. The summed E-state index contributed by atoms with van der Waals surface area (Å²) < 4.78 is 0. The maximum Gasteiger partial charge on any atom is 0.251 e. The third-order valence-electron chi connectivity index (χ3n) is 6.25. The summed E-state index contributed by atoms with van der Waals surface area (Å²) in [6.07, 6.45) is 9.81. The second-order valence-corrected chi connectivity index (χ2v) is 9.51. The van der Waals surface area contributed by atoms with Gasteiger partial charge in [0, 0.05) is 73.3 Å². The van der Waals surface area contributed by atoms with Gasteiger partial charge in [0.1, 0.15) is 11.6 Å². The Morgan fingerprint density at radius 3 is 1.89 bits per heavy atom. The van der Waals surface area contributed by atoms with Gasteiger partial charge in [-0.2, -0.15) is 0 Å². The molecule has 1 aromatic carbocycles. The van der Waals surface area contributed by atoms with Crippen molar-refractivity contribution in [3.05, 3.63) is 71.8 Å². The van der Waals surface area contributed by atoms with Crippen LogP contribution in [0.3, 0.4) is 0 Å². The standard InChI is InChI=1S/C27H38N6O2/c1-19(2)33(20(3)4)16-6-5-11-32-27(35)22-9-7-21(8-10-22)26(34)23(17-24-28-12-13-29-24)18-25-30-14-15-31-25/h7-10,12-15,19-20,23H,5-6,11,16-18H2,1-4H3,(H,28,29)(H,30,31)(H,32,35). The van der Waals surface area contributed by atoms with Gasteiger partial charge in [-0.1, -0.05) is 12.1 Å². The average Bonchev–Trinajstić information content (AvgIpc) is 3.54. The first kappa shape index (κ1) is 26.3. The highest BCUT2D eigenvalue weighted by Gasteiger charge is 2.23. The average molecular weight is 479 g/mol. The van der Waals surface area contributed by atoms with Crippen molar-refractivity contribution < 1.29 is 9.59 Å². The molecule has 0 unspecified atom stereocenters. The van der Waals surface area contributed by atoms with Crippen LogP contribution in [-0.4, -0.2) is 61.7 Å². The Hall–Kier alpha value is -3.26. The van der Waals surface area contributed by atoms with Crippen molar-refractivity contribution in [3.8, 4) is 0 Å². The zero-order valence-electron chi connectivity index (χ0n) is 21.3. The van der Waals surface area contributed by atoms with Gasteiger partial charge >= 0.3 is 0 Å². The number of hydrogen-bond acceptors (Lipinski definition) is 5. The first-order valence-corrected chi connectivity index (χ1v) is 12.5. The Morgan fingerprint density at radius 1 is 0.857 bits per heavy atom. The summed E-state index contributed by atoms with van der Waals surface area (Å²) in [5.41, 5.74) is 1.13. The lowest BCUT2D eigenvalue weighted by Gasteiger charge is -2.30. The molecule has 3 N–H and O–H groups in total. The van der Waals surface area contributed by atoms with Crippen molar-refractivity contribution in [2.24, 2.45) is 5.92 Å². The molecule has 0 saturated carbocycles. The van der Waals surface area contributed by atoms with E-state index in [1.54, 1.807) is 49.1 Å². The monoisotopic (exact) mass is 478 g/mol. The van der Waals surface area contributed by atoms with Crippen molar-refractivity contribution in [3.63, 3.8) is 0 Å². The Morgan fingerprint density at radius 2 is 1.40 bits per heavy atom. The minimum Gasteiger partial charge on any atom is -0.352 e. The molecule has 0 fully saturated rings. The van der Waals surface area contributed by atoms with Crippen LogP contribution in [0.4, 0.5) is 0 Å². The Balaban J connectivity index is 1.53. The normalized spacial score (nSPS) is 11.7. The predicted molar refractivity (Wildman–Crippen MR) is 137 cm³/mol. The third-order valence-corrected chi connectivity index (χ3v) is 6.25. The number of hydrogen-bond donors (Lipinski definition) is 3. The van der Waals surface area contributed by atoms with E-state index in [2.05, 4.69) is 57.8 Å². The van der Waals surface area contributed by atoms with Gasteiger partial charge in [0.2, 0.25) is 0 Å². The van der Waals surface area contributed by atoms with Gasteiger partial charge in [0.25, 0.3) is 5.91 Å². The minimum absolute atomic E-state index is 0.00428. The topological polar surface area (TPSA) is 107 Å². The van der Waals surface area contributed by atoms with Crippen LogP contribution in [0, 0.1) is 5.92 Å². The smallest absolute Gasteiger partial charge is 0.251 e. The fourth-order valence-corrected chi connectivity index (χ4v) is 4.40. The zero-order valence-corrected chi connectivity index (χ0v) is 21.3. The fraction of sp³-hybridized carbons (Fsp3) is 0.481. The van der Waals surface area contributed by atoms with Crippen molar-refractivity contribution in [1.29, 1.82) is 0 Å². The van der Waals surface area contributed by atoms with Crippen molar-refractivity contribution >= 4 is 11.7 Å². The van der Waals surface area contributed by atoms with E-state index < -0.39 is 0 Å². The molecule has 0 spiro atoms. The van der Waals surface area contributed by atoms with Gasteiger partial charge in [-0.05, 0) is 59.2 Å². The number of imidazole rings is 2. The second kappa shape index (κ2) is 13.0. The van der Waals surface area contributed by atoms with Gasteiger partial charge in [-0.25, -0.2) is 9.97 Å². The van der Waals surface area contributed by atoms with Crippen molar-refractivity contribution in [1.82, 2.24) is 30.2 Å². The minimum atomic E-state index is -0.316. The number of aromatic nitrogens is 4. The van der Waals surface area contributed by atoms with E-state index in [9.17, 15) is 9.59 Å². The van der Waals surface area contributed by atoms with Crippen LogP contribution in [0.5, 0.6) is 0 Å². The van der Waals surface area contributed by atoms with E-state index in [1.807, 2.05) is 0 Å². The van der Waals surface area contributed by atoms with Crippen LogP contribution < -0.4 is 5.32 Å². The number of amides is 1. The van der Waals surface area contributed by atoms with Crippen LogP contribution in [0.25, 0.3) is 0 Å². The Labute approximate surface area is 208 Å². The highest BCUT2D eigenvalue weighted by Crippen LogP contribution is 2.18. The molecule has 0 radical (unpaired) electrons. The SMILES string of the molecule is CC(C)N(CCCCNC(=O)c1ccc(C(=O)C(Cc2ncc[nH]2)Cc2ncc[nH]2)cc1)C(C)C. The highest BCUT2D eigenvalue weighted by atomic mass is 16.1. The number of carbonyl (C=O) groups excluding carboxylic acids is 2. The van der Waals surface area contributed by atoms with Crippen molar-refractivity contribution in [2.75, 3.05) is 13.1 Å². The molecule has 0 bridgehead atoms. The summed E-state index contributed by atoms with van der Waals surface area (Å²) in [4.78, 5) is 43.0. The number of unbranched alkanes of at least 4 members (excludes halogenated alkanes) is 1. The number of H-pyrrole nitrogens is 2. The molecule has 2 heterocycles. The first-order valence-electron chi connectivity index (χ1n) is 12.5. The summed E-state index contributed by atoms with van der Waals surface area (Å²) >= 11 is 0. The quantitative estimate of drug-likeness (QED) is 0.239. The third kappa shape index (κ3) is 7.89. The van der Waals surface area contributed by atoms with E-state index in [0.29, 0.717) is 42.6 Å². The molecule has 8 heteroatoms. The van der Waals surface area contributed by atoms with Crippen LogP contribution >= 0.6 is 0 Å². The maximum absolute atomic E-state index is 13.3. The number of carbonyl (C=O) groups is 2. The number of aromatic amines is 2. The van der Waals surface area contributed by atoms with Crippen LogP contribution in [-0.2, 0) is 12.8 Å². The lowest BCUT2D eigenvalue weighted by molar-refractivity contribution is 0.0912. The summed E-state index contributed by atoms with van der Waals surface area (Å²) in [5.74, 6) is 1.09. The van der Waals surface area contributed by atoms with Crippen LogP contribution in [0.2, 0.25) is 0 Å². The molecule has 0 aliphatic carbocycles. The van der Waals surface area contributed by atoms with Gasteiger partial charge in [0.15, 0.2) is 5.78 Å². The number of ketones is 1. The molecule has 188 valence electrons. The summed E-state index contributed by atoms with van der Waals surface area (Å²) in [5, 5.41) is 2.99. The van der Waals surface area contributed by atoms with E-state index in [-0.39, 0.29) is 17.6 Å². The molecule has 0 saturated heterocycles. The lowest BCUT2D eigenvalue weighted by Crippen LogP contribution is -2.38. The van der Waals surface area contributed by atoms with E-state index >= 15 is 0 Å². The van der Waals surface area contributed by atoms with E-state index in [4.69, 9.17) is 0 Å². The zero-order chi connectivity index (χ0) is 25.2. The number of Topliss-reactive ketones (excluding diaryl/α,β-unsaturated/α-hetero) is 1. The number of rotatable bonds is 14. The van der Waals surface area contributed by atoms with Gasteiger partial charge in [-0.15, -0.1) is 0 Å². The molecule has 2 aromatic heterocycles. The molecule has 1 amide bonds. The maximum atomic E-state index is 13.3. The molecule has 0 aliphatic heterocycles. The number of benzene rings is 1. The molecular weight excluding hydrogens is 440 g/mol. The van der Waals surface area contributed by atoms with E-state index in [0.717, 1.165) is 31.0 Å². The molecule has 0 aliphatic rings. The number of nitrogens with one attached hydrogen (secondary N) is 3. The molecule has 0 atom stereocenters. The fourth-order valence-electron chi connectivity index (χ4n) is 4.40. The number of nitrogens with zero attached hydrogens (tertiary/aromatic N) is 3. The highest BCUT2D eigenvalue weighted by molar-refractivity contribution is 6.00. The summed E-state index contributed by atoms with van der Waals surface area (Å²) in [6.45, 7) is 10.5. The lowest BCUT2D eigenvalue weighted by atomic mass is 9.90. The predicted octanol–water partition coefficient (Wildman–Crippen LogP) is 4.05. The van der Waals surface area contributed by atoms with Crippen molar-refractivity contribution in [2.45, 2.75) is 65.5 Å². The molecule has 35 heavy (non-hydrogen) atoms. The van der Waals surface area contributed by atoms with Gasteiger partial charge in [-0.3, -0.25) is 14.5 Å². The molecular formula is C27H38N6O2. The largest absolute Gasteiger partial charge is 0.352 e. The Bertz CT molecular complexity index is 982. The molecule has 3 rings (SSSR count). The summed E-state index contributed by atoms with van der Waals surface area (Å²) in [7, 11) is 0.